The number of rotatable bonds is 3. The fourth-order valence-corrected chi connectivity index (χ4v) is 5.34. The van der Waals surface area contributed by atoms with Crippen LogP contribution in [0.2, 0.25) is 0 Å². The fraction of sp³-hybridized carbons (Fsp3) is 0.167. The van der Waals surface area contributed by atoms with Gasteiger partial charge in [-0.2, -0.15) is 0 Å². The van der Waals surface area contributed by atoms with Crippen LogP contribution in [0.4, 0.5) is 11.4 Å². The van der Waals surface area contributed by atoms with E-state index >= 15 is 0 Å². The number of carboxylic acids is 1. The maximum Gasteiger partial charge on any atom is 0.305 e. The molecule has 2 aliphatic heterocycles. The first-order valence-electron chi connectivity index (χ1n) is 7.97. The second kappa shape index (κ2) is 6.28. The highest BCUT2D eigenvalue weighted by Gasteiger charge is 2.62. The number of carbonyl (C=O) groups is 3. The molecule has 1 fully saturated rings. The number of phenols is 1. The van der Waals surface area contributed by atoms with E-state index in [0.717, 1.165) is 16.2 Å². The van der Waals surface area contributed by atoms with E-state index in [2.05, 4.69) is 21.2 Å². The van der Waals surface area contributed by atoms with E-state index in [-0.39, 0.29) is 5.75 Å². The van der Waals surface area contributed by atoms with Crippen LogP contribution in [0.1, 0.15) is 12.0 Å². The summed E-state index contributed by atoms with van der Waals surface area (Å²) < 4.78 is 0.734. The standard InChI is InChI=1S/C18H13BrN2O5S/c19-9-1-6-13-12(7-9)18(17(26)20-13)21(10-2-4-11(22)5-3-10)16(25)14(27-18)8-15(23)24/h1-7,14,22H,8H2,(H,20,26)(H,23,24)/t14-,18-/m0/s1. The highest BCUT2D eigenvalue weighted by molar-refractivity contribution is 9.10. The Morgan fingerprint density at radius 2 is 1.93 bits per heavy atom. The van der Waals surface area contributed by atoms with E-state index in [4.69, 9.17) is 0 Å². The molecule has 2 aliphatic rings. The van der Waals surface area contributed by atoms with Crippen LogP contribution in [-0.2, 0) is 19.3 Å². The monoisotopic (exact) mass is 448 g/mol. The first kappa shape index (κ1) is 17.9. The minimum Gasteiger partial charge on any atom is -0.508 e. The molecular formula is C18H13BrN2O5S. The molecule has 0 saturated carbocycles. The minimum atomic E-state index is -1.41. The molecule has 27 heavy (non-hydrogen) atoms. The molecule has 0 unspecified atom stereocenters. The zero-order valence-corrected chi connectivity index (χ0v) is 16.1. The predicted molar refractivity (Wildman–Crippen MR) is 104 cm³/mol. The topological polar surface area (TPSA) is 107 Å². The third-order valence-corrected chi connectivity index (χ3v) is 6.57. The molecule has 2 aromatic carbocycles. The van der Waals surface area contributed by atoms with Crippen molar-refractivity contribution in [2.45, 2.75) is 16.5 Å². The lowest BCUT2D eigenvalue weighted by molar-refractivity contribution is -0.138. The van der Waals surface area contributed by atoms with Crippen LogP contribution in [0, 0.1) is 0 Å². The van der Waals surface area contributed by atoms with Crippen LogP contribution in [0.25, 0.3) is 0 Å². The molecule has 2 amide bonds. The molecule has 2 aromatic rings. The number of hydrogen-bond donors (Lipinski definition) is 3. The number of halogens is 1. The summed E-state index contributed by atoms with van der Waals surface area (Å²) in [4.78, 5) is 37.3. The number of nitrogens with one attached hydrogen (secondary N) is 1. The van der Waals surface area contributed by atoms with Crippen molar-refractivity contribution in [1.82, 2.24) is 0 Å². The molecule has 0 aliphatic carbocycles. The second-order valence-electron chi connectivity index (χ2n) is 6.18. The van der Waals surface area contributed by atoms with Crippen LogP contribution < -0.4 is 10.2 Å². The maximum atomic E-state index is 13.1. The van der Waals surface area contributed by atoms with Gasteiger partial charge in [0.15, 0.2) is 0 Å². The van der Waals surface area contributed by atoms with Gasteiger partial charge in [0.05, 0.1) is 11.7 Å². The molecule has 0 aromatic heterocycles. The second-order valence-corrected chi connectivity index (χ2v) is 8.49. The van der Waals surface area contributed by atoms with Crippen LogP contribution in [0.5, 0.6) is 5.75 Å². The molecule has 1 saturated heterocycles. The molecule has 3 N–H and O–H groups in total. The van der Waals surface area contributed by atoms with E-state index in [1.165, 1.54) is 29.2 Å². The van der Waals surface area contributed by atoms with Crippen LogP contribution >= 0.6 is 27.7 Å². The summed E-state index contributed by atoms with van der Waals surface area (Å²) in [6, 6.07) is 11.2. The lowest BCUT2D eigenvalue weighted by Crippen LogP contribution is -2.47. The van der Waals surface area contributed by atoms with E-state index < -0.39 is 34.3 Å². The molecule has 7 nitrogen and oxygen atoms in total. The number of carbonyl (C=O) groups excluding carboxylic acids is 2. The molecular weight excluding hydrogens is 436 g/mol. The number of hydrogen-bond acceptors (Lipinski definition) is 5. The Balaban J connectivity index is 1.92. The van der Waals surface area contributed by atoms with Gasteiger partial charge in [-0.25, -0.2) is 0 Å². The van der Waals surface area contributed by atoms with Crippen molar-refractivity contribution in [2.75, 3.05) is 10.2 Å². The van der Waals surface area contributed by atoms with Crippen LogP contribution in [0.3, 0.4) is 0 Å². The average Bonchev–Trinajstić information content (AvgIpc) is 3.04. The van der Waals surface area contributed by atoms with Gasteiger partial charge in [0, 0.05) is 21.4 Å². The minimum absolute atomic E-state index is 0.0215. The van der Waals surface area contributed by atoms with Gasteiger partial charge in [-0.3, -0.25) is 19.3 Å². The van der Waals surface area contributed by atoms with Gasteiger partial charge in [0.25, 0.3) is 5.91 Å². The molecule has 2 heterocycles. The van der Waals surface area contributed by atoms with Gasteiger partial charge in [-0.1, -0.05) is 15.9 Å². The maximum absolute atomic E-state index is 13.1. The Hall–Kier alpha value is -2.52. The summed E-state index contributed by atoms with van der Waals surface area (Å²) in [5, 5.41) is 20.6. The normalized spacial score (nSPS) is 23.6. The number of fused-ring (bicyclic) bond motifs is 2. The number of thioether (sulfide) groups is 1. The van der Waals surface area contributed by atoms with Crippen molar-refractivity contribution in [1.29, 1.82) is 0 Å². The van der Waals surface area contributed by atoms with Gasteiger partial charge in [0.1, 0.15) is 5.75 Å². The van der Waals surface area contributed by atoms with Crippen molar-refractivity contribution in [2.24, 2.45) is 0 Å². The lowest BCUT2D eigenvalue weighted by Gasteiger charge is -2.32. The highest BCUT2D eigenvalue weighted by atomic mass is 79.9. The number of phenolic OH excluding ortho intramolecular Hbond substituents is 1. The van der Waals surface area contributed by atoms with E-state index in [0.29, 0.717) is 16.9 Å². The van der Waals surface area contributed by atoms with Crippen molar-refractivity contribution in [3.63, 3.8) is 0 Å². The zero-order chi connectivity index (χ0) is 19.3. The molecule has 4 rings (SSSR count). The molecule has 1 spiro atoms. The summed E-state index contributed by atoms with van der Waals surface area (Å²) >= 11 is 4.42. The SMILES string of the molecule is O=C(O)C[C@@H]1S[C@@]2(C(=O)Nc3ccc(Br)cc32)N(c2ccc(O)cc2)C1=O. The van der Waals surface area contributed by atoms with Crippen molar-refractivity contribution in [3.8, 4) is 5.75 Å². The van der Waals surface area contributed by atoms with Gasteiger partial charge in [-0.05, 0) is 42.5 Å². The van der Waals surface area contributed by atoms with E-state index in [1.54, 1.807) is 18.2 Å². The predicted octanol–water partition coefficient (Wildman–Crippen LogP) is 2.88. The molecule has 2 atom stereocenters. The summed E-state index contributed by atoms with van der Waals surface area (Å²) in [6.07, 6.45) is -0.392. The first-order chi connectivity index (χ1) is 12.8. The number of aliphatic carboxylic acids is 1. The van der Waals surface area contributed by atoms with Gasteiger partial charge < -0.3 is 15.5 Å². The number of aromatic hydroxyl groups is 1. The quantitative estimate of drug-likeness (QED) is 0.666. The Morgan fingerprint density at radius 3 is 2.59 bits per heavy atom. The summed E-state index contributed by atoms with van der Waals surface area (Å²) in [6.45, 7) is 0. The van der Waals surface area contributed by atoms with Gasteiger partial charge in [-0.15, -0.1) is 11.8 Å². The number of nitrogens with zero attached hydrogens (tertiary/aromatic N) is 1. The fourth-order valence-electron chi connectivity index (χ4n) is 3.38. The molecule has 0 bridgehead atoms. The van der Waals surface area contributed by atoms with Crippen molar-refractivity contribution < 1.29 is 24.6 Å². The highest BCUT2D eigenvalue weighted by Crippen LogP contribution is 2.57. The van der Waals surface area contributed by atoms with Crippen LogP contribution in [-0.4, -0.2) is 33.2 Å². The van der Waals surface area contributed by atoms with Crippen molar-refractivity contribution in [3.05, 3.63) is 52.5 Å². The van der Waals surface area contributed by atoms with Gasteiger partial charge >= 0.3 is 5.97 Å². The van der Waals surface area contributed by atoms with Crippen LogP contribution in [0.15, 0.2) is 46.9 Å². The zero-order valence-electron chi connectivity index (χ0n) is 13.7. The molecule has 138 valence electrons. The van der Waals surface area contributed by atoms with E-state index in [9.17, 15) is 24.6 Å². The Kier molecular flexibility index (Phi) is 4.15. The molecule has 0 radical (unpaired) electrons. The number of amides is 2. The van der Waals surface area contributed by atoms with Crippen molar-refractivity contribution >= 4 is 56.9 Å². The number of anilines is 2. The van der Waals surface area contributed by atoms with E-state index in [1.807, 2.05) is 0 Å². The Labute approximate surface area is 166 Å². The largest absolute Gasteiger partial charge is 0.508 e. The number of benzene rings is 2. The lowest BCUT2D eigenvalue weighted by atomic mass is 10.0. The molecule has 9 heteroatoms. The summed E-state index contributed by atoms with van der Waals surface area (Å²) in [7, 11) is 0. The summed E-state index contributed by atoms with van der Waals surface area (Å²) in [5.74, 6) is -1.96. The number of carboxylic acid groups (broad SMARTS) is 1. The smallest absolute Gasteiger partial charge is 0.305 e. The average molecular weight is 449 g/mol. The Bertz CT molecular complexity index is 980. The van der Waals surface area contributed by atoms with Gasteiger partial charge in [0.2, 0.25) is 10.8 Å². The Morgan fingerprint density at radius 1 is 1.22 bits per heavy atom. The first-order valence-corrected chi connectivity index (χ1v) is 9.64. The third-order valence-electron chi connectivity index (χ3n) is 4.49. The third kappa shape index (κ3) is 2.69. The summed E-state index contributed by atoms with van der Waals surface area (Å²) in [5.41, 5.74) is 1.56.